The molecule has 1 saturated heterocycles. The Balaban J connectivity index is 1.97. The summed E-state index contributed by atoms with van der Waals surface area (Å²) >= 11 is 0. The van der Waals surface area contributed by atoms with Crippen molar-refractivity contribution in [3.8, 4) is 0 Å². The van der Waals surface area contributed by atoms with Crippen LogP contribution in [0.25, 0.3) is 0 Å². The molecule has 2 heterocycles. The fraction of sp³-hybridized carbons (Fsp3) is 0.684. The topological polar surface area (TPSA) is 57.6 Å². The van der Waals surface area contributed by atoms with Crippen molar-refractivity contribution in [1.82, 2.24) is 19.7 Å². The van der Waals surface area contributed by atoms with Crippen LogP contribution in [0.3, 0.4) is 0 Å². The number of carbonyl (C=O) groups excluding carboxylic acids is 2. The predicted molar refractivity (Wildman–Crippen MR) is 99.8 cm³/mol. The minimum Gasteiger partial charge on any atom is -0.351 e. The monoisotopic (exact) mass is 348 g/mol. The third-order valence-electron chi connectivity index (χ3n) is 4.85. The first-order chi connectivity index (χ1) is 11.6. The average molecular weight is 348 g/mol. The molecule has 0 radical (unpaired) electrons. The van der Waals surface area contributed by atoms with E-state index in [9.17, 15) is 9.59 Å². The Hall–Kier alpha value is -1.98. The quantitative estimate of drug-likeness (QED) is 0.893. The summed E-state index contributed by atoms with van der Waals surface area (Å²) in [6.07, 6.45) is 0.805. The van der Waals surface area contributed by atoms with Crippen LogP contribution >= 0.6 is 0 Å². The lowest BCUT2D eigenvalue weighted by atomic mass is 9.97. The van der Waals surface area contributed by atoms with Crippen molar-refractivity contribution in [3.05, 3.63) is 23.0 Å². The van der Waals surface area contributed by atoms with Crippen molar-refractivity contribution in [2.75, 3.05) is 32.7 Å². The molecule has 2 rings (SSSR count). The number of amides is 3. The van der Waals surface area contributed by atoms with Gasteiger partial charge in [0, 0.05) is 51.2 Å². The third kappa shape index (κ3) is 4.77. The first kappa shape index (κ1) is 19.3. The minimum atomic E-state index is -0.0315. The smallest absolute Gasteiger partial charge is 0.317 e. The zero-order chi connectivity index (χ0) is 18.8. The van der Waals surface area contributed by atoms with E-state index in [4.69, 9.17) is 0 Å². The Morgan fingerprint density at radius 3 is 2.24 bits per heavy atom. The van der Waals surface area contributed by atoms with E-state index in [-0.39, 0.29) is 17.4 Å². The summed E-state index contributed by atoms with van der Waals surface area (Å²) < 4.78 is 2.04. The van der Waals surface area contributed by atoms with Gasteiger partial charge >= 0.3 is 6.03 Å². The predicted octanol–water partition coefficient (Wildman–Crippen LogP) is 2.55. The van der Waals surface area contributed by atoms with Crippen LogP contribution in [-0.4, -0.2) is 59.0 Å². The van der Waals surface area contributed by atoms with Gasteiger partial charge in [-0.25, -0.2) is 4.79 Å². The largest absolute Gasteiger partial charge is 0.351 e. The molecular formula is C19H32N4O2. The van der Waals surface area contributed by atoms with Crippen molar-refractivity contribution < 1.29 is 9.59 Å². The number of aromatic nitrogens is 1. The Kier molecular flexibility index (Phi) is 5.80. The zero-order valence-corrected chi connectivity index (χ0v) is 16.5. The van der Waals surface area contributed by atoms with Crippen LogP contribution in [-0.2, 0) is 7.05 Å². The summed E-state index contributed by atoms with van der Waals surface area (Å²) in [5.41, 5.74) is 2.91. The zero-order valence-electron chi connectivity index (χ0n) is 16.5. The lowest BCUT2D eigenvalue weighted by molar-refractivity contribution is 0.0761. The molecule has 1 N–H and O–H groups in total. The molecule has 6 nitrogen and oxygen atoms in total. The average Bonchev–Trinajstić information content (AvgIpc) is 2.75. The number of urea groups is 1. The second-order valence-corrected chi connectivity index (χ2v) is 8.20. The number of carbonyl (C=O) groups is 2. The molecule has 1 aromatic heterocycles. The third-order valence-corrected chi connectivity index (χ3v) is 4.85. The first-order valence-electron chi connectivity index (χ1n) is 9.05. The molecule has 3 amide bonds. The van der Waals surface area contributed by atoms with Crippen LogP contribution < -0.4 is 5.32 Å². The molecule has 1 aromatic rings. The van der Waals surface area contributed by atoms with Crippen LogP contribution in [0.1, 0.15) is 48.9 Å². The summed E-state index contributed by atoms with van der Waals surface area (Å²) in [6.45, 7) is 13.5. The van der Waals surface area contributed by atoms with Crippen molar-refractivity contribution >= 4 is 11.9 Å². The summed E-state index contributed by atoms with van der Waals surface area (Å²) in [4.78, 5) is 28.9. The van der Waals surface area contributed by atoms with Gasteiger partial charge in [0.05, 0.1) is 5.56 Å². The normalized spacial score (nSPS) is 15.9. The first-order valence-corrected chi connectivity index (χ1v) is 9.05. The maximum atomic E-state index is 12.9. The Labute approximate surface area is 151 Å². The molecule has 0 unspecified atom stereocenters. The summed E-state index contributed by atoms with van der Waals surface area (Å²) in [6, 6.07) is 1.92. The highest BCUT2D eigenvalue weighted by atomic mass is 16.2. The minimum absolute atomic E-state index is 0.0315. The Morgan fingerprint density at radius 1 is 1.08 bits per heavy atom. The van der Waals surface area contributed by atoms with E-state index in [0.717, 1.165) is 23.4 Å². The van der Waals surface area contributed by atoms with Gasteiger partial charge in [0.15, 0.2) is 0 Å². The van der Waals surface area contributed by atoms with Crippen LogP contribution in [0.15, 0.2) is 6.07 Å². The molecule has 0 atom stereocenters. The molecule has 0 saturated carbocycles. The molecule has 1 aliphatic rings. The molecule has 0 aromatic carbocycles. The summed E-state index contributed by atoms with van der Waals surface area (Å²) in [5, 5.41) is 3.00. The van der Waals surface area contributed by atoms with Gasteiger partial charge in [-0.3, -0.25) is 4.79 Å². The molecule has 25 heavy (non-hydrogen) atoms. The fourth-order valence-electron chi connectivity index (χ4n) is 3.02. The van der Waals surface area contributed by atoms with Crippen molar-refractivity contribution in [2.45, 2.75) is 41.0 Å². The van der Waals surface area contributed by atoms with Crippen LogP contribution in [0.4, 0.5) is 4.79 Å². The second-order valence-electron chi connectivity index (χ2n) is 8.20. The Morgan fingerprint density at radius 2 is 1.68 bits per heavy atom. The molecule has 6 heteroatoms. The van der Waals surface area contributed by atoms with Gasteiger partial charge in [-0.1, -0.05) is 20.8 Å². The lowest BCUT2D eigenvalue weighted by Gasteiger charge is -2.25. The summed E-state index contributed by atoms with van der Waals surface area (Å²) in [7, 11) is 1.98. The van der Waals surface area contributed by atoms with E-state index in [1.54, 1.807) is 0 Å². The molecule has 1 fully saturated rings. The van der Waals surface area contributed by atoms with Crippen molar-refractivity contribution in [2.24, 2.45) is 12.5 Å². The molecule has 0 spiro atoms. The van der Waals surface area contributed by atoms with Gasteiger partial charge < -0.3 is 19.7 Å². The lowest BCUT2D eigenvalue weighted by Crippen LogP contribution is -2.44. The number of nitrogens with one attached hydrogen (secondary N) is 1. The van der Waals surface area contributed by atoms with Crippen LogP contribution in [0.2, 0.25) is 0 Å². The molecular weight excluding hydrogens is 316 g/mol. The highest BCUT2D eigenvalue weighted by molar-refractivity contribution is 5.95. The van der Waals surface area contributed by atoms with Gasteiger partial charge in [0.1, 0.15) is 0 Å². The molecule has 1 aliphatic heterocycles. The van der Waals surface area contributed by atoms with E-state index in [0.29, 0.717) is 32.7 Å². The van der Waals surface area contributed by atoms with Gasteiger partial charge in [-0.15, -0.1) is 0 Å². The van der Waals surface area contributed by atoms with E-state index in [1.807, 2.05) is 41.3 Å². The highest BCUT2D eigenvalue weighted by Gasteiger charge is 2.25. The van der Waals surface area contributed by atoms with Crippen LogP contribution in [0.5, 0.6) is 0 Å². The van der Waals surface area contributed by atoms with Gasteiger partial charge in [-0.2, -0.15) is 0 Å². The van der Waals surface area contributed by atoms with Gasteiger partial charge in [-0.05, 0) is 31.7 Å². The fourth-order valence-corrected chi connectivity index (χ4v) is 3.02. The number of aryl methyl sites for hydroxylation is 1. The number of nitrogens with zero attached hydrogens (tertiary/aromatic N) is 3. The standard InChI is InChI=1S/C19H32N4O2/c1-14-12-16(15(2)21(14)6)17(24)22-8-7-9-23(11-10-22)18(25)20-13-19(3,4)5/h12H,7-11,13H2,1-6H3,(H,20,25). The number of hydrogen-bond acceptors (Lipinski definition) is 2. The molecule has 0 aliphatic carbocycles. The van der Waals surface area contributed by atoms with Gasteiger partial charge in [0.2, 0.25) is 0 Å². The van der Waals surface area contributed by atoms with E-state index in [1.165, 1.54) is 0 Å². The van der Waals surface area contributed by atoms with Crippen molar-refractivity contribution in [1.29, 1.82) is 0 Å². The van der Waals surface area contributed by atoms with Crippen LogP contribution in [0, 0.1) is 19.3 Å². The molecule has 140 valence electrons. The van der Waals surface area contributed by atoms with E-state index in [2.05, 4.69) is 26.1 Å². The molecule has 0 bridgehead atoms. The Bertz CT molecular complexity index is 643. The second kappa shape index (κ2) is 7.50. The maximum absolute atomic E-state index is 12.9. The van der Waals surface area contributed by atoms with Gasteiger partial charge in [0.25, 0.3) is 5.91 Å². The number of rotatable bonds is 2. The SMILES string of the molecule is Cc1cc(C(=O)N2CCCN(C(=O)NCC(C)(C)C)CC2)c(C)n1C. The van der Waals surface area contributed by atoms with E-state index >= 15 is 0 Å². The summed E-state index contributed by atoms with van der Waals surface area (Å²) in [5.74, 6) is 0.0677. The maximum Gasteiger partial charge on any atom is 0.317 e. The van der Waals surface area contributed by atoms with E-state index < -0.39 is 0 Å². The van der Waals surface area contributed by atoms with Crippen molar-refractivity contribution in [3.63, 3.8) is 0 Å². The number of hydrogen-bond donors (Lipinski definition) is 1. The highest BCUT2D eigenvalue weighted by Crippen LogP contribution is 2.17.